The number of nitrogens with zero attached hydrogens (tertiary/aromatic N) is 4. The minimum Gasteiger partial charge on any atom is -0.379 e. The van der Waals surface area contributed by atoms with Crippen LogP contribution in [0.25, 0.3) is 11.4 Å². The first-order valence-corrected chi connectivity index (χ1v) is 9.12. The van der Waals surface area contributed by atoms with Gasteiger partial charge in [0.15, 0.2) is 0 Å². The van der Waals surface area contributed by atoms with Gasteiger partial charge in [-0.15, -0.1) is 0 Å². The summed E-state index contributed by atoms with van der Waals surface area (Å²) in [6, 6.07) is 7.78. The van der Waals surface area contributed by atoms with Gasteiger partial charge in [-0.1, -0.05) is 6.07 Å². The number of hydrogen-bond acceptors (Lipinski definition) is 7. The molecular formula is C19H28N6O. The van der Waals surface area contributed by atoms with Crippen LogP contribution in [-0.2, 0) is 4.74 Å². The van der Waals surface area contributed by atoms with E-state index in [0.717, 1.165) is 56.6 Å². The maximum Gasteiger partial charge on any atom is 0.225 e. The van der Waals surface area contributed by atoms with E-state index in [9.17, 15) is 0 Å². The van der Waals surface area contributed by atoms with Crippen molar-refractivity contribution in [2.45, 2.75) is 26.3 Å². The highest BCUT2D eigenvalue weighted by Gasteiger charge is 2.15. The third kappa shape index (κ3) is 5.64. The molecular weight excluding hydrogens is 328 g/mol. The molecule has 2 aromatic rings. The molecule has 0 radical (unpaired) electrons. The molecule has 7 heteroatoms. The molecule has 2 aromatic heterocycles. The van der Waals surface area contributed by atoms with Crippen LogP contribution in [0.3, 0.4) is 0 Å². The third-order valence-corrected chi connectivity index (χ3v) is 3.98. The smallest absolute Gasteiger partial charge is 0.225 e. The summed E-state index contributed by atoms with van der Waals surface area (Å²) in [6.07, 6.45) is 1.78. The minimum atomic E-state index is -0.117. The lowest BCUT2D eigenvalue weighted by Crippen LogP contribution is -2.39. The highest BCUT2D eigenvalue weighted by molar-refractivity contribution is 5.61. The molecule has 1 saturated heterocycles. The first kappa shape index (κ1) is 18.5. The summed E-state index contributed by atoms with van der Waals surface area (Å²) in [5.41, 5.74) is 1.53. The van der Waals surface area contributed by atoms with Gasteiger partial charge in [-0.05, 0) is 32.9 Å². The van der Waals surface area contributed by atoms with Crippen LogP contribution in [0.15, 0.2) is 30.5 Å². The third-order valence-electron chi connectivity index (χ3n) is 3.98. The fourth-order valence-corrected chi connectivity index (χ4v) is 2.74. The van der Waals surface area contributed by atoms with Gasteiger partial charge in [-0.25, -0.2) is 4.98 Å². The van der Waals surface area contributed by atoms with Crippen molar-refractivity contribution in [1.29, 1.82) is 0 Å². The number of nitrogens with one attached hydrogen (secondary N) is 2. The Bertz CT molecular complexity index is 695. The van der Waals surface area contributed by atoms with Crippen LogP contribution < -0.4 is 10.6 Å². The van der Waals surface area contributed by atoms with Crippen LogP contribution in [0.2, 0.25) is 0 Å². The van der Waals surface area contributed by atoms with E-state index in [2.05, 4.69) is 51.3 Å². The van der Waals surface area contributed by atoms with E-state index in [4.69, 9.17) is 4.74 Å². The van der Waals surface area contributed by atoms with E-state index < -0.39 is 0 Å². The first-order chi connectivity index (χ1) is 12.5. The van der Waals surface area contributed by atoms with Gasteiger partial charge in [0.1, 0.15) is 5.82 Å². The maximum absolute atomic E-state index is 5.39. The van der Waals surface area contributed by atoms with Gasteiger partial charge >= 0.3 is 0 Å². The molecule has 1 aliphatic rings. The molecule has 0 saturated carbocycles. The number of pyridine rings is 1. The lowest BCUT2D eigenvalue weighted by molar-refractivity contribution is 0.0398. The van der Waals surface area contributed by atoms with Gasteiger partial charge < -0.3 is 15.4 Å². The standard InChI is InChI=1S/C19H28N6O/c1-19(2,3)24-18-22-16(15-6-4-5-7-20-15)14-17(23-18)21-8-9-25-10-12-26-13-11-25/h4-7,14H,8-13H2,1-3H3,(H2,21,22,23,24). The number of aromatic nitrogens is 3. The molecule has 0 amide bonds. The molecule has 2 N–H and O–H groups in total. The van der Waals surface area contributed by atoms with Crippen molar-refractivity contribution in [3.8, 4) is 11.4 Å². The second-order valence-corrected chi connectivity index (χ2v) is 7.43. The van der Waals surface area contributed by atoms with E-state index in [1.807, 2.05) is 24.3 Å². The predicted octanol–water partition coefficient (Wildman–Crippen LogP) is 2.49. The largest absolute Gasteiger partial charge is 0.379 e. The maximum atomic E-state index is 5.39. The minimum absolute atomic E-state index is 0.117. The molecule has 0 aromatic carbocycles. The predicted molar refractivity (Wildman–Crippen MR) is 104 cm³/mol. The van der Waals surface area contributed by atoms with Crippen molar-refractivity contribution in [2.75, 3.05) is 50.0 Å². The van der Waals surface area contributed by atoms with E-state index in [-0.39, 0.29) is 5.54 Å². The Labute approximate surface area is 155 Å². The normalized spacial score (nSPS) is 15.7. The number of rotatable bonds is 6. The molecule has 0 bridgehead atoms. The SMILES string of the molecule is CC(C)(C)Nc1nc(NCCN2CCOCC2)cc(-c2ccccn2)n1. The van der Waals surface area contributed by atoms with Crippen molar-refractivity contribution in [3.63, 3.8) is 0 Å². The van der Waals surface area contributed by atoms with Gasteiger partial charge in [-0.2, -0.15) is 4.98 Å². The van der Waals surface area contributed by atoms with Crippen LogP contribution in [-0.4, -0.2) is 64.8 Å². The summed E-state index contributed by atoms with van der Waals surface area (Å²) >= 11 is 0. The molecule has 7 nitrogen and oxygen atoms in total. The highest BCUT2D eigenvalue weighted by atomic mass is 16.5. The molecule has 0 unspecified atom stereocenters. The Balaban J connectivity index is 1.73. The van der Waals surface area contributed by atoms with Crippen molar-refractivity contribution >= 4 is 11.8 Å². The van der Waals surface area contributed by atoms with Gasteiger partial charge in [-0.3, -0.25) is 9.88 Å². The van der Waals surface area contributed by atoms with E-state index in [0.29, 0.717) is 5.95 Å². The molecule has 0 atom stereocenters. The van der Waals surface area contributed by atoms with Crippen molar-refractivity contribution < 1.29 is 4.74 Å². The van der Waals surface area contributed by atoms with Gasteiger partial charge in [0.25, 0.3) is 0 Å². The monoisotopic (exact) mass is 356 g/mol. The number of anilines is 2. The molecule has 0 spiro atoms. The summed E-state index contributed by atoms with van der Waals surface area (Å²) in [5, 5.41) is 6.78. The van der Waals surface area contributed by atoms with Crippen LogP contribution in [0.1, 0.15) is 20.8 Å². The number of hydrogen-bond donors (Lipinski definition) is 2. The summed E-state index contributed by atoms with van der Waals surface area (Å²) in [6.45, 7) is 11.7. The van der Waals surface area contributed by atoms with Crippen LogP contribution >= 0.6 is 0 Å². The second kappa shape index (κ2) is 8.42. The Morgan fingerprint density at radius 2 is 1.92 bits per heavy atom. The highest BCUT2D eigenvalue weighted by Crippen LogP contribution is 2.21. The number of morpholine rings is 1. The Kier molecular flexibility index (Phi) is 6.00. The second-order valence-electron chi connectivity index (χ2n) is 7.43. The molecule has 1 aliphatic heterocycles. The Hall–Kier alpha value is -2.25. The topological polar surface area (TPSA) is 75.2 Å². The zero-order valence-electron chi connectivity index (χ0n) is 15.8. The lowest BCUT2D eigenvalue weighted by Gasteiger charge is -2.26. The zero-order valence-corrected chi connectivity index (χ0v) is 15.8. The van der Waals surface area contributed by atoms with Crippen LogP contribution in [0.4, 0.5) is 11.8 Å². The fraction of sp³-hybridized carbons (Fsp3) is 0.526. The van der Waals surface area contributed by atoms with E-state index >= 15 is 0 Å². The van der Waals surface area contributed by atoms with Crippen molar-refractivity contribution in [3.05, 3.63) is 30.5 Å². The van der Waals surface area contributed by atoms with Crippen molar-refractivity contribution in [1.82, 2.24) is 19.9 Å². The van der Waals surface area contributed by atoms with Crippen LogP contribution in [0.5, 0.6) is 0 Å². The average molecular weight is 356 g/mol. The van der Waals surface area contributed by atoms with E-state index in [1.165, 1.54) is 0 Å². The first-order valence-electron chi connectivity index (χ1n) is 9.12. The Morgan fingerprint density at radius 1 is 1.12 bits per heavy atom. The van der Waals surface area contributed by atoms with Gasteiger partial charge in [0, 0.05) is 44.0 Å². The average Bonchev–Trinajstić information content (AvgIpc) is 2.62. The molecule has 3 heterocycles. The fourth-order valence-electron chi connectivity index (χ4n) is 2.74. The Morgan fingerprint density at radius 3 is 2.62 bits per heavy atom. The van der Waals surface area contributed by atoms with E-state index in [1.54, 1.807) is 6.20 Å². The number of ether oxygens (including phenoxy) is 1. The summed E-state index contributed by atoms with van der Waals surface area (Å²) in [5.74, 6) is 1.41. The van der Waals surface area contributed by atoms with Gasteiger partial charge in [0.2, 0.25) is 5.95 Å². The summed E-state index contributed by atoms with van der Waals surface area (Å²) in [4.78, 5) is 16.1. The molecule has 140 valence electrons. The quantitative estimate of drug-likeness (QED) is 0.823. The molecule has 3 rings (SSSR count). The van der Waals surface area contributed by atoms with Crippen molar-refractivity contribution in [2.24, 2.45) is 0 Å². The lowest BCUT2D eigenvalue weighted by atomic mass is 10.1. The van der Waals surface area contributed by atoms with Crippen LogP contribution in [0, 0.1) is 0 Å². The summed E-state index contributed by atoms with van der Waals surface area (Å²) < 4.78 is 5.39. The molecule has 0 aliphatic carbocycles. The van der Waals surface area contributed by atoms with Gasteiger partial charge in [0.05, 0.1) is 24.6 Å². The molecule has 26 heavy (non-hydrogen) atoms. The zero-order chi connectivity index (χ0) is 18.4. The summed E-state index contributed by atoms with van der Waals surface area (Å²) in [7, 11) is 0. The molecule has 1 fully saturated rings.